The summed E-state index contributed by atoms with van der Waals surface area (Å²) < 4.78 is 2.03. The van der Waals surface area contributed by atoms with Gasteiger partial charge in [0.05, 0.1) is 6.54 Å². The van der Waals surface area contributed by atoms with E-state index in [0.29, 0.717) is 12.6 Å². The van der Waals surface area contributed by atoms with Gasteiger partial charge in [-0.25, -0.2) is 0 Å². The van der Waals surface area contributed by atoms with Crippen LogP contribution < -0.4 is 16.0 Å². The number of guanidine groups is 1. The lowest BCUT2D eigenvalue weighted by atomic mass is 10.1. The molecule has 0 aromatic carbocycles. The Hall–Kier alpha value is -1.95. The number of nitrogens with zero attached hydrogens (tertiary/aromatic N) is 5. The molecule has 0 spiro atoms. The molecule has 1 aliphatic heterocycles. The van der Waals surface area contributed by atoms with Crippen LogP contribution in [0, 0.1) is 0 Å². The number of amides is 1. The number of hydrogen-bond acceptors (Lipinski definition) is 5. The highest BCUT2D eigenvalue weighted by molar-refractivity contribution is 14.0. The lowest BCUT2D eigenvalue weighted by molar-refractivity contribution is -0.122. The SMILES string of the molecule is CCNC(=NCCCc1nnc2ccccn12)NC1CCN(CC(=O)NC)CC1.I. The molecule has 1 amide bonds. The Bertz CT molecular complexity index is 816. The molecule has 10 heteroatoms. The highest BCUT2D eigenvalue weighted by Crippen LogP contribution is 2.10. The van der Waals surface area contributed by atoms with Gasteiger partial charge in [0.25, 0.3) is 0 Å². The third-order valence-electron chi connectivity index (χ3n) is 5.13. The average Bonchev–Trinajstić information content (AvgIpc) is 3.15. The molecule has 3 heterocycles. The number of piperidine rings is 1. The third-order valence-corrected chi connectivity index (χ3v) is 5.13. The summed E-state index contributed by atoms with van der Waals surface area (Å²) in [6, 6.07) is 6.30. The van der Waals surface area contributed by atoms with Gasteiger partial charge in [0, 0.05) is 51.9 Å². The van der Waals surface area contributed by atoms with Crippen molar-refractivity contribution in [2.24, 2.45) is 4.99 Å². The van der Waals surface area contributed by atoms with E-state index in [-0.39, 0.29) is 29.9 Å². The number of likely N-dealkylation sites (tertiary alicyclic amines) is 1. The molecule has 2 aromatic rings. The van der Waals surface area contributed by atoms with Gasteiger partial charge in [-0.15, -0.1) is 34.2 Å². The van der Waals surface area contributed by atoms with Crippen molar-refractivity contribution in [1.29, 1.82) is 0 Å². The maximum atomic E-state index is 11.5. The van der Waals surface area contributed by atoms with E-state index in [2.05, 4.69) is 38.0 Å². The van der Waals surface area contributed by atoms with E-state index < -0.39 is 0 Å². The molecule has 1 aliphatic rings. The number of halogens is 1. The molecule has 2 aromatic heterocycles. The van der Waals surface area contributed by atoms with E-state index in [0.717, 1.165) is 69.3 Å². The van der Waals surface area contributed by atoms with Crippen molar-refractivity contribution in [3.05, 3.63) is 30.2 Å². The Morgan fingerprint density at radius 1 is 1.27 bits per heavy atom. The molecule has 0 atom stereocenters. The van der Waals surface area contributed by atoms with Crippen LogP contribution in [0.3, 0.4) is 0 Å². The van der Waals surface area contributed by atoms with Crippen molar-refractivity contribution in [3.8, 4) is 0 Å². The van der Waals surface area contributed by atoms with Crippen molar-refractivity contribution in [2.75, 3.05) is 39.8 Å². The van der Waals surface area contributed by atoms with E-state index >= 15 is 0 Å². The second kappa shape index (κ2) is 12.7. The quantitative estimate of drug-likeness (QED) is 0.205. The largest absolute Gasteiger partial charge is 0.358 e. The molecule has 0 saturated carbocycles. The van der Waals surface area contributed by atoms with Crippen LogP contribution in [0.25, 0.3) is 5.65 Å². The van der Waals surface area contributed by atoms with Gasteiger partial charge >= 0.3 is 0 Å². The van der Waals surface area contributed by atoms with Crippen LogP contribution in [0.1, 0.15) is 32.0 Å². The zero-order valence-corrected chi connectivity index (χ0v) is 20.1. The molecule has 1 saturated heterocycles. The van der Waals surface area contributed by atoms with Crippen molar-refractivity contribution in [3.63, 3.8) is 0 Å². The Morgan fingerprint density at radius 3 is 2.80 bits per heavy atom. The number of carbonyl (C=O) groups excluding carboxylic acids is 1. The van der Waals surface area contributed by atoms with Crippen LogP contribution in [0.4, 0.5) is 0 Å². The van der Waals surface area contributed by atoms with Crippen LogP contribution in [0.15, 0.2) is 29.4 Å². The fourth-order valence-electron chi connectivity index (χ4n) is 3.52. The highest BCUT2D eigenvalue weighted by atomic mass is 127. The Balaban J connectivity index is 0.00000320. The monoisotopic (exact) mass is 528 g/mol. The van der Waals surface area contributed by atoms with Gasteiger partial charge in [0.2, 0.25) is 5.91 Å². The van der Waals surface area contributed by atoms with Crippen molar-refractivity contribution in [1.82, 2.24) is 35.4 Å². The second-order valence-corrected chi connectivity index (χ2v) is 7.28. The molecular formula is C20H33IN8O. The Labute approximate surface area is 195 Å². The van der Waals surface area contributed by atoms with E-state index in [1.807, 2.05) is 28.8 Å². The van der Waals surface area contributed by atoms with Gasteiger partial charge < -0.3 is 16.0 Å². The molecule has 30 heavy (non-hydrogen) atoms. The zero-order chi connectivity index (χ0) is 20.5. The van der Waals surface area contributed by atoms with Crippen LogP contribution >= 0.6 is 24.0 Å². The minimum Gasteiger partial charge on any atom is -0.358 e. The maximum absolute atomic E-state index is 11.5. The molecule has 1 fully saturated rings. The first-order chi connectivity index (χ1) is 14.2. The summed E-state index contributed by atoms with van der Waals surface area (Å²) in [6.07, 6.45) is 5.76. The third kappa shape index (κ3) is 7.08. The molecule has 3 rings (SSSR count). The zero-order valence-electron chi connectivity index (χ0n) is 17.8. The molecular weight excluding hydrogens is 495 g/mol. The molecule has 0 radical (unpaired) electrons. The number of likely N-dealkylation sites (N-methyl/N-ethyl adjacent to an activating group) is 1. The standard InChI is InChI=1S/C20H32N8O.HI/c1-3-22-20(24-16-9-13-27(14-10-16)15-19(29)21-2)23-11-6-8-18-26-25-17-7-4-5-12-28(17)18;/h4-5,7,12,16H,3,6,8-11,13-15H2,1-2H3,(H,21,29)(H2,22,23,24);1H. The topological polar surface area (TPSA) is 98.9 Å². The number of aliphatic imine (C=N–C) groups is 1. The molecule has 9 nitrogen and oxygen atoms in total. The first-order valence-corrected chi connectivity index (χ1v) is 10.5. The molecule has 0 bridgehead atoms. The number of hydrogen-bond donors (Lipinski definition) is 3. The molecule has 3 N–H and O–H groups in total. The highest BCUT2D eigenvalue weighted by Gasteiger charge is 2.21. The van der Waals surface area contributed by atoms with Crippen molar-refractivity contribution >= 4 is 41.5 Å². The molecule has 166 valence electrons. The van der Waals surface area contributed by atoms with Crippen molar-refractivity contribution < 1.29 is 4.79 Å². The lowest BCUT2D eigenvalue weighted by Crippen LogP contribution is -2.50. The van der Waals surface area contributed by atoms with Crippen molar-refractivity contribution in [2.45, 2.75) is 38.6 Å². The minimum absolute atomic E-state index is 0. The first kappa shape index (κ1) is 24.3. The van der Waals surface area contributed by atoms with Crippen LogP contribution in [0.2, 0.25) is 0 Å². The summed E-state index contributed by atoms with van der Waals surface area (Å²) in [5.74, 6) is 1.91. The minimum atomic E-state index is 0. The lowest BCUT2D eigenvalue weighted by Gasteiger charge is -2.32. The molecule has 0 unspecified atom stereocenters. The van der Waals surface area contributed by atoms with Gasteiger partial charge in [-0.2, -0.15) is 0 Å². The fourth-order valence-corrected chi connectivity index (χ4v) is 3.52. The number of rotatable bonds is 8. The van der Waals surface area contributed by atoms with Crippen LogP contribution in [-0.4, -0.2) is 77.2 Å². The number of nitrogens with one attached hydrogen (secondary N) is 3. The van der Waals surface area contributed by atoms with E-state index in [1.54, 1.807) is 7.05 Å². The van der Waals surface area contributed by atoms with Gasteiger partial charge in [-0.05, 0) is 38.3 Å². The number of aromatic nitrogens is 3. The predicted molar refractivity (Wildman–Crippen MR) is 129 cm³/mol. The van der Waals surface area contributed by atoms with E-state index in [1.165, 1.54) is 0 Å². The number of carbonyl (C=O) groups is 1. The van der Waals surface area contributed by atoms with Gasteiger partial charge in [0.15, 0.2) is 11.6 Å². The summed E-state index contributed by atoms with van der Waals surface area (Å²) >= 11 is 0. The van der Waals surface area contributed by atoms with E-state index in [9.17, 15) is 4.79 Å². The summed E-state index contributed by atoms with van der Waals surface area (Å²) in [5, 5.41) is 18.0. The maximum Gasteiger partial charge on any atom is 0.233 e. The number of pyridine rings is 1. The smallest absolute Gasteiger partial charge is 0.233 e. The van der Waals surface area contributed by atoms with Crippen LogP contribution in [-0.2, 0) is 11.2 Å². The molecule has 0 aliphatic carbocycles. The predicted octanol–water partition coefficient (Wildman–Crippen LogP) is 1.05. The summed E-state index contributed by atoms with van der Waals surface area (Å²) in [7, 11) is 1.68. The first-order valence-electron chi connectivity index (χ1n) is 10.5. The van der Waals surface area contributed by atoms with Crippen LogP contribution in [0.5, 0.6) is 0 Å². The van der Waals surface area contributed by atoms with E-state index in [4.69, 9.17) is 4.99 Å². The summed E-state index contributed by atoms with van der Waals surface area (Å²) in [5.41, 5.74) is 0.878. The Morgan fingerprint density at radius 2 is 2.07 bits per heavy atom. The number of aryl methyl sites for hydroxylation is 1. The normalized spacial score (nSPS) is 15.6. The van der Waals surface area contributed by atoms with Gasteiger partial charge in [0.1, 0.15) is 5.82 Å². The summed E-state index contributed by atoms with van der Waals surface area (Å²) in [4.78, 5) is 18.4. The van der Waals surface area contributed by atoms with Gasteiger partial charge in [-0.3, -0.25) is 19.1 Å². The average molecular weight is 528 g/mol. The second-order valence-electron chi connectivity index (χ2n) is 7.28. The number of fused-ring (bicyclic) bond motifs is 1. The Kier molecular flexibility index (Phi) is 10.3. The summed E-state index contributed by atoms with van der Waals surface area (Å²) in [6.45, 7) is 5.96. The fraction of sp³-hybridized carbons (Fsp3) is 0.600. The van der Waals surface area contributed by atoms with Gasteiger partial charge in [-0.1, -0.05) is 6.07 Å².